The lowest BCUT2D eigenvalue weighted by Crippen LogP contribution is -2.01. The molecule has 0 spiro atoms. The molecule has 0 saturated carbocycles. The molecule has 0 aliphatic carbocycles. The van der Waals surface area contributed by atoms with E-state index in [9.17, 15) is 18.3 Å². The normalized spacial score (nSPS) is 11.3. The van der Waals surface area contributed by atoms with Crippen LogP contribution >= 0.6 is 0 Å². The summed E-state index contributed by atoms with van der Waals surface area (Å²) < 4.78 is 22.4. The second-order valence-electron chi connectivity index (χ2n) is 3.44. The van der Waals surface area contributed by atoms with Gasteiger partial charge >= 0.3 is 0 Å². The van der Waals surface area contributed by atoms with Crippen LogP contribution in [0.2, 0.25) is 0 Å². The van der Waals surface area contributed by atoms with Crippen molar-refractivity contribution in [2.75, 3.05) is 6.26 Å². The Hall–Kier alpha value is -1.36. The van der Waals surface area contributed by atoms with E-state index in [1.54, 1.807) is 0 Å². The average molecular weight is 228 g/mol. The summed E-state index contributed by atoms with van der Waals surface area (Å²) in [6, 6.07) is 3.93. The molecule has 1 aromatic carbocycles. The molecule has 0 unspecified atom stereocenters. The van der Waals surface area contributed by atoms with Crippen molar-refractivity contribution in [1.29, 1.82) is 0 Å². The van der Waals surface area contributed by atoms with Gasteiger partial charge in [0, 0.05) is 18.2 Å². The van der Waals surface area contributed by atoms with Crippen molar-refractivity contribution in [3.8, 4) is 5.75 Å². The first-order valence-corrected chi connectivity index (χ1v) is 6.21. The van der Waals surface area contributed by atoms with Crippen molar-refractivity contribution in [3.63, 3.8) is 0 Å². The number of ketones is 1. The van der Waals surface area contributed by atoms with Gasteiger partial charge in [-0.25, -0.2) is 8.42 Å². The number of phenols is 1. The molecule has 0 radical (unpaired) electrons. The third kappa shape index (κ3) is 3.06. The van der Waals surface area contributed by atoms with Crippen molar-refractivity contribution in [2.45, 2.75) is 18.2 Å². The van der Waals surface area contributed by atoms with E-state index in [1.165, 1.54) is 25.1 Å². The number of phenolic OH excluding ortho intramolecular Hbond substituents is 1. The van der Waals surface area contributed by atoms with Crippen LogP contribution in [-0.2, 0) is 21.1 Å². The average Bonchev–Trinajstić information content (AvgIpc) is 2.06. The lowest BCUT2D eigenvalue weighted by atomic mass is 10.1. The van der Waals surface area contributed by atoms with Crippen molar-refractivity contribution in [1.82, 2.24) is 0 Å². The zero-order valence-corrected chi connectivity index (χ0v) is 9.34. The topological polar surface area (TPSA) is 71.4 Å². The van der Waals surface area contributed by atoms with Crippen molar-refractivity contribution in [3.05, 3.63) is 23.8 Å². The highest BCUT2D eigenvalue weighted by Gasteiger charge is 2.11. The van der Waals surface area contributed by atoms with Crippen LogP contribution in [0.3, 0.4) is 0 Å². The van der Waals surface area contributed by atoms with E-state index in [0.29, 0.717) is 5.56 Å². The van der Waals surface area contributed by atoms with Gasteiger partial charge in [0.15, 0.2) is 9.84 Å². The maximum Gasteiger partial charge on any atom is 0.175 e. The predicted octanol–water partition coefficient (Wildman–Crippen LogP) is 0.927. The number of rotatable bonds is 3. The zero-order valence-electron chi connectivity index (χ0n) is 8.52. The largest absolute Gasteiger partial charge is 0.508 e. The second-order valence-corrected chi connectivity index (χ2v) is 5.46. The Morgan fingerprint density at radius 2 is 2.00 bits per heavy atom. The predicted molar refractivity (Wildman–Crippen MR) is 55.6 cm³/mol. The molecular formula is C10H12O4S. The van der Waals surface area contributed by atoms with Gasteiger partial charge in [0.2, 0.25) is 0 Å². The Kier molecular flexibility index (Phi) is 3.14. The standard InChI is InChI=1S/C10H12O4S/c1-7(11)5-8-6-9(15(2,13)14)3-4-10(8)12/h3-4,6,12H,5H2,1-2H3. The van der Waals surface area contributed by atoms with E-state index in [0.717, 1.165) is 6.26 Å². The molecule has 15 heavy (non-hydrogen) atoms. The summed E-state index contributed by atoms with van der Waals surface area (Å²) in [6.07, 6.45) is 1.12. The Morgan fingerprint density at radius 3 is 2.47 bits per heavy atom. The Labute approximate surface area is 88.5 Å². The van der Waals surface area contributed by atoms with Crippen LogP contribution in [0.4, 0.5) is 0 Å². The molecule has 0 heterocycles. The van der Waals surface area contributed by atoms with E-state index in [1.807, 2.05) is 0 Å². The van der Waals surface area contributed by atoms with E-state index >= 15 is 0 Å². The van der Waals surface area contributed by atoms with Gasteiger partial charge in [-0.2, -0.15) is 0 Å². The Balaban J connectivity index is 3.23. The molecule has 4 nitrogen and oxygen atoms in total. The first-order valence-electron chi connectivity index (χ1n) is 4.32. The molecule has 5 heteroatoms. The fourth-order valence-corrected chi connectivity index (χ4v) is 1.87. The van der Waals surface area contributed by atoms with Gasteiger partial charge in [-0.3, -0.25) is 4.79 Å². The van der Waals surface area contributed by atoms with Gasteiger partial charge in [0.05, 0.1) is 4.90 Å². The van der Waals surface area contributed by atoms with Crippen LogP contribution in [0, 0.1) is 0 Å². The lowest BCUT2D eigenvalue weighted by Gasteiger charge is -2.04. The summed E-state index contributed by atoms with van der Waals surface area (Å²) in [7, 11) is -3.30. The van der Waals surface area contributed by atoms with Crippen LogP contribution < -0.4 is 0 Å². The fourth-order valence-electron chi connectivity index (χ4n) is 1.20. The molecular weight excluding hydrogens is 216 g/mol. The minimum atomic E-state index is -3.30. The highest BCUT2D eigenvalue weighted by atomic mass is 32.2. The summed E-state index contributed by atoms with van der Waals surface area (Å²) in [5, 5.41) is 9.40. The quantitative estimate of drug-likeness (QED) is 0.835. The maximum atomic E-state index is 11.2. The van der Waals surface area contributed by atoms with E-state index < -0.39 is 9.84 Å². The number of Topliss-reactive ketones (excluding diaryl/α,β-unsaturated/α-hetero) is 1. The summed E-state index contributed by atoms with van der Waals surface area (Å²) in [6.45, 7) is 1.38. The highest BCUT2D eigenvalue weighted by molar-refractivity contribution is 7.90. The monoisotopic (exact) mass is 228 g/mol. The number of benzene rings is 1. The Bertz CT molecular complexity index is 488. The van der Waals surface area contributed by atoms with Crippen molar-refractivity contribution < 1.29 is 18.3 Å². The minimum absolute atomic E-state index is 0.0369. The molecule has 0 aliphatic heterocycles. The van der Waals surface area contributed by atoms with Gasteiger partial charge in [-0.1, -0.05) is 0 Å². The molecule has 1 N–H and O–H groups in total. The zero-order chi connectivity index (χ0) is 11.6. The highest BCUT2D eigenvalue weighted by Crippen LogP contribution is 2.21. The molecule has 0 aliphatic rings. The van der Waals surface area contributed by atoms with Gasteiger partial charge in [0.25, 0.3) is 0 Å². The van der Waals surface area contributed by atoms with E-state index in [-0.39, 0.29) is 22.8 Å². The van der Waals surface area contributed by atoms with Crippen LogP contribution in [0.25, 0.3) is 0 Å². The van der Waals surface area contributed by atoms with E-state index in [4.69, 9.17) is 0 Å². The molecule has 0 bridgehead atoms. The maximum absolute atomic E-state index is 11.2. The van der Waals surface area contributed by atoms with Gasteiger partial charge < -0.3 is 5.11 Å². The fraction of sp³-hybridized carbons (Fsp3) is 0.300. The third-order valence-electron chi connectivity index (χ3n) is 1.92. The molecule has 0 aromatic heterocycles. The Morgan fingerprint density at radius 1 is 1.40 bits per heavy atom. The summed E-state index contributed by atoms with van der Waals surface area (Å²) in [4.78, 5) is 11.0. The number of carbonyl (C=O) groups excluding carboxylic acids is 1. The molecule has 82 valence electrons. The third-order valence-corrected chi connectivity index (χ3v) is 3.03. The van der Waals surface area contributed by atoms with Crippen LogP contribution in [-0.4, -0.2) is 25.6 Å². The first-order chi connectivity index (χ1) is 6.80. The van der Waals surface area contributed by atoms with Crippen molar-refractivity contribution in [2.24, 2.45) is 0 Å². The lowest BCUT2D eigenvalue weighted by molar-refractivity contribution is -0.116. The van der Waals surface area contributed by atoms with Crippen molar-refractivity contribution >= 4 is 15.6 Å². The molecule has 1 aromatic rings. The molecule has 0 atom stereocenters. The SMILES string of the molecule is CC(=O)Cc1cc(S(C)(=O)=O)ccc1O. The number of hydrogen-bond acceptors (Lipinski definition) is 4. The van der Waals surface area contributed by atoms with Crippen LogP contribution in [0.1, 0.15) is 12.5 Å². The first kappa shape index (κ1) is 11.7. The van der Waals surface area contributed by atoms with E-state index in [2.05, 4.69) is 0 Å². The number of sulfone groups is 1. The molecule has 0 saturated heterocycles. The number of carbonyl (C=O) groups is 1. The van der Waals surface area contributed by atoms with Crippen LogP contribution in [0.15, 0.2) is 23.1 Å². The van der Waals surface area contributed by atoms with Gasteiger partial charge in [-0.05, 0) is 25.1 Å². The van der Waals surface area contributed by atoms with Crippen LogP contribution in [0.5, 0.6) is 5.75 Å². The smallest absolute Gasteiger partial charge is 0.175 e. The summed E-state index contributed by atoms with van der Waals surface area (Å²) in [5.41, 5.74) is 0.338. The minimum Gasteiger partial charge on any atom is -0.508 e. The summed E-state index contributed by atoms with van der Waals surface area (Å²) >= 11 is 0. The molecule has 0 amide bonds. The van der Waals surface area contributed by atoms with Gasteiger partial charge in [0.1, 0.15) is 11.5 Å². The second kappa shape index (κ2) is 4.02. The summed E-state index contributed by atoms with van der Waals surface area (Å²) in [5.74, 6) is -0.187. The molecule has 0 fully saturated rings. The molecule has 1 rings (SSSR count). The number of hydrogen-bond donors (Lipinski definition) is 1. The van der Waals surface area contributed by atoms with Gasteiger partial charge in [-0.15, -0.1) is 0 Å². The number of aromatic hydroxyl groups is 1.